The van der Waals surface area contributed by atoms with Crippen molar-refractivity contribution in [3.05, 3.63) is 0 Å². The summed E-state index contributed by atoms with van der Waals surface area (Å²) in [7, 11) is 0.967. The second-order valence-corrected chi connectivity index (χ2v) is 1.67. The summed E-state index contributed by atoms with van der Waals surface area (Å²) in [6.07, 6.45) is 1.20. The van der Waals surface area contributed by atoms with Gasteiger partial charge < -0.3 is 0 Å². The Morgan fingerprint density at radius 1 is 2.00 bits per heavy atom. The third-order valence-electron chi connectivity index (χ3n) is 0.103. The Hall–Kier alpha value is 0.260. The minimum atomic E-state index is 0.967. The highest BCUT2D eigenvalue weighted by Crippen LogP contribution is 2.10. The fourth-order valence-corrected chi connectivity index (χ4v) is 0.329. The second kappa shape index (κ2) is 5.26. The van der Waals surface area contributed by atoms with E-state index >= 15 is 0 Å². The van der Waals surface area contributed by atoms with Gasteiger partial charge in [-0.05, 0) is 0 Å². The third-order valence-corrected chi connectivity index (χ3v) is 0.716. The van der Waals surface area contributed by atoms with Crippen LogP contribution in [0.4, 0.5) is 0 Å². The van der Waals surface area contributed by atoms with Gasteiger partial charge in [0, 0.05) is 26.4 Å². The van der Waals surface area contributed by atoms with Gasteiger partial charge in [0.05, 0.1) is 0 Å². The fraction of sp³-hybridized carbons (Fsp3) is 0. The first-order valence-electron chi connectivity index (χ1n) is 0.931. The third kappa shape index (κ3) is 4.26. The predicted octanol–water partition coefficient (Wildman–Crippen LogP) is 1.25. The molecule has 0 atom stereocenters. The van der Waals surface area contributed by atoms with Crippen LogP contribution in [-0.2, 0) is 9.08 Å². The lowest BCUT2D eigenvalue weighted by Crippen LogP contribution is -1.52. The van der Waals surface area contributed by atoms with E-state index in [2.05, 4.69) is 9.44 Å². The SMILES string of the molecule is O=C=NOSI. The van der Waals surface area contributed by atoms with Crippen molar-refractivity contribution in [2.24, 2.45) is 5.16 Å². The molecule has 0 saturated carbocycles. The fourth-order valence-electron chi connectivity index (χ4n) is 0.0293. The minimum Gasteiger partial charge on any atom is -0.299 e. The maximum absolute atomic E-state index is 9.13. The Balaban J connectivity index is 2.86. The first-order chi connectivity index (χ1) is 2.91. The van der Waals surface area contributed by atoms with E-state index in [9.17, 15) is 0 Å². The van der Waals surface area contributed by atoms with Crippen molar-refractivity contribution in [3.63, 3.8) is 0 Å². The summed E-state index contributed by atoms with van der Waals surface area (Å²) < 4.78 is 4.09. The molecule has 0 aromatic heterocycles. The standard InChI is InChI=1S/CINO2S/c2-6-5-3-1-4. The van der Waals surface area contributed by atoms with E-state index in [0.717, 1.165) is 9.21 Å². The summed E-state index contributed by atoms with van der Waals surface area (Å²) in [6, 6.07) is 0. The molecule has 0 aliphatic rings. The number of carbonyl (C=O) groups excluding carboxylic acids is 1. The van der Waals surface area contributed by atoms with Crippen molar-refractivity contribution in [1.29, 1.82) is 0 Å². The lowest BCUT2D eigenvalue weighted by atomic mass is 11.7. The van der Waals surface area contributed by atoms with Crippen LogP contribution in [0.1, 0.15) is 0 Å². The largest absolute Gasteiger partial charge is 0.299 e. The quantitative estimate of drug-likeness (QED) is 0.230. The first-order valence-corrected chi connectivity index (χ1v) is 4.22. The lowest BCUT2D eigenvalue weighted by Gasteiger charge is -1.73. The van der Waals surface area contributed by atoms with Crippen LogP contribution in [0.25, 0.3) is 0 Å². The second-order valence-electron chi connectivity index (χ2n) is 0.320. The zero-order valence-corrected chi connectivity index (χ0v) is 5.52. The molecular formula is CINO2S. The molecule has 0 aliphatic heterocycles. The van der Waals surface area contributed by atoms with Gasteiger partial charge in [0.25, 0.3) is 6.08 Å². The molecule has 5 heteroatoms. The number of rotatable bonds is 2. The Kier molecular flexibility index (Phi) is 5.49. The summed E-state index contributed by atoms with van der Waals surface area (Å²) in [4.78, 5) is 9.13. The molecule has 0 amide bonds. The number of hydrogen-bond donors (Lipinski definition) is 0. The number of halogens is 1. The van der Waals surface area contributed by atoms with Gasteiger partial charge >= 0.3 is 0 Å². The lowest BCUT2D eigenvalue weighted by molar-refractivity contribution is 0.404. The normalized spacial score (nSPS) is 6.17. The van der Waals surface area contributed by atoms with Crippen LogP contribution < -0.4 is 0 Å². The Labute approximate surface area is 50.9 Å². The van der Waals surface area contributed by atoms with Crippen LogP contribution in [0, 0.1) is 0 Å². The zero-order chi connectivity index (χ0) is 4.83. The molecule has 0 radical (unpaired) electrons. The highest BCUT2D eigenvalue weighted by Gasteiger charge is 1.67. The molecule has 0 aliphatic carbocycles. The minimum absolute atomic E-state index is 0.967. The maximum Gasteiger partial charge on any atom is 0.277 e. The van der Waals surface area contributed by atoms with E-state index in [0.29, 0.717) is 0 Å². The van der Waals surface area contributed by atoms with Crippen molar-refractivity contribution in [3.8, 4) is 0 Å². The number of hydrogen-bond acceptors (Lipinski definition) is 4. The molecule has 3 nitrogen and oxygen atoms in total. The molecule has 0 saturated heterocycles. The summed E-state index contributed by atoms with van der Waals surface area (Å²) in [5.41, 5.74) is 0. The van der Waals surface area contributed by atoms with Crippen molar-refractivity contribution >= 4 is 36.5 Å². The molecule has 0 spiro atoms. The van der Waals surface area contributed by atoms with Gasteiger partial charge in [0.2, 0.25) is 0 Å². The highest BCUT2D eigenvalue weighted by molar-refractivity contribution is 14.2. The van der Waals surface area contributed by atoms with Crippen LogP contribution in [0.3, 0.4) is 0 Å². The monoisotopic (exact) mass is 217 g/mol. The predicted molar refractivity (Wildman–Crippen MR) is 30.8 cm³/mol. The molecule has 0 heterocycles. The Morgan fingerprint density at radius 3 is 2.83 bits per heavy atom. The summed E-state index contributed by atoms with van der Waals surface area (Å²) >= 11 is 1.83. The molecule has 0 N–H and O–H groups in total. The van der Waals surface area contributed by atoms with E-state index in [1.807, 2.05) is 21.2 Å². The van der Waals surface area contributed by atoms with Gasteiger partial charge in [-0.15, -0.1) is 0 Å². The smallest absolute Gasteiger partial charge is 0.277 e. The summed E-state index contributed by atoms with van der Waals surface area (Å²) in [6.45, 7) is 0. The van der Waals surface area contributed by atoms with Crippen LogP contribution in [0.2, 0.25) is 0 Å². The molecular weight excluding hydrogens is 217 g/mol. The molecule has 0 unspecified atom stereocenters. The average Bonchev–Trinajstić information content (AvgIpc) is 1.61. The van der Waals surface area contributed by atoms with Crippen LogP contribution in [-0.4, -0.2) is 6.08 Å². The van der Waals surface area contributed by atoms with Gasteiger partial charge in [-0.1, -0.05) is 0 Å². The van der Waals surface area contributed by atoms with Crippen LogP contribution >= 0.6 is 30.4 Å². The van der Waals surface area contributed by atoms with Gasteiger partial charge in [-0.3, -0.25) is 4.28 Å². The van der Waals surface area contributed by atoms with E-state index < -0.39 is 0 Å². The first kappa shape index (κ1) is 6.26. The van der Waals surface area contributed by atoms with E-state index in [1.165, 1.54) is 6.08 Å². The van der Waals surface area contributed by atoms with Crippen LogP contribution in [0.5, 0.6) is 0 Å². The summed E-state index contributed by atoms with van der Waals surface area (Å²) in [5, 5.41) is 2.74. The van der Waals surface area contributed by atoms with Gasteiger partial charge in [-0.2, -0.15) is 0 Å². The maximum atomic E-state index is 9.13. The molecule has 34 valence electrons. The topological polar surface area (TPSA) is 38.7 Å². The van der Waals surface area contributed by atoms with Crippen molar-refractivity contribution in [1.82, 2.24) is 0 Å². The average molecular weight is 217 g/mol. The van der Waals surface area contributed by atoms with Gasteiger partial charge in [-0.25, -0.2) is 4.79 Å². The molecule has 0 bridgehead atoms. The van der Waals surface area contributed by atoms with E-state index in [1.54, 1.807) is 0 Å². The zero-order valence-electron chi connectivity index (χ0n) is 2.55. The summed E-state index contributed by atoms with van der Waals surface area (Å²) in [5.74, 6) is 0. The highest BCUT2D eigenvalue weighted by atomic mass is 127. The Morgan fingerprint density at radius 2 is 2.67 bits per heavy atom. The number of nitrogens with zero attached hydrogens (tertiary/aromatic N) is 1. The van der Waals surface area contributed by atoms with Gasteiger partial charge in [0.15, 0.2) is 9.21 Å². The van der Waals surface area contributed by atoms with Gasteiger partial charge in [0.1, 0.15) is 0 Å². The van der Waals surface area contributed by atoms with E-state index in [4.69, 9.17) is 4.79 Å². The molecule has 0 aromatic rings. The molecule has 0 rings (SSSR count). The van der Waals surface area contributed by atoms with Crippen molar-refractivity contribution < 1.29 is 9.08 Å². The number of isocyanates is 1. The van der Waals surface area contributed by atoms with Crippen LogP contribution in [0.15, 0.2) is 5.16 Å². The molecule has 0 aromatic carbocycles. The van der Waals surface area contributed by atoms with E-state index in [-0.39, 0.29) is 0 Å². The molecule has 0 fully saturated rings. The van der Waals surface area contributed by atoms with Crippen molar-refractivity contribution in [2.45, 2.75) is 0 Å². The molecule has 6 heavy (non-hydrogen) atoms. The van der Waals surface area contributed by atoms with Crippen molar-refractivity contribution in [2.75, 3.05) is 0 Å². The Bertz CT molecular complexity index is 69.9.